The minimum atomic E-state index is 0.0715. The zero-order valence-electron chi connectivity index (χ0n) is 13.7. The molecule has 6 nitrogen and oxygen atoms in total. The van der Waals surface area contributed by atoms with Gasteiger partial charge in [-0.05, 0) is 57.0 Å². The van der Waals surface area contributed by atoms with Crippen LogP contribution < -0.4 is 9.47 Å². The average Bonchev–Trinajstić information content (AvgIpc) is 3.10. The van der Waals surface area contributed by atoms with Crippen LogP contribution in [0.25, 0.3) is 11.5 Å². The van der Waals surface area contributed by atoms with E-state index in [9.17, 15) is 0 Å². The lowest BCUT2D eigenvalue weighted by Crippen LogP contribution is -2.01. The molecule has 0 radical (unpaired) electrons. The van der Waals surface area contributed by atoms with Gasteiger partial charge in [0.2, 0.25) is 5.89 Å². The van der Waals surface area contributed by atoms with Gasteiger partial charge in [0.15, 0.2) is 18.1 Å². The summed E-state index contributed by atoms with van der Waals surface area (Å²) < 4.78 is 18.5. The largest absolute Gasteiger partial charge is 0.490 e. The van der Waals surface area contributed by atoms with Gasteiger partial charge in [-0.1, -0.05) is 12.1 Å². The van der Waals surface area contributed by atoms with Crippen molar-refractivity contribution in [1.29, 1.82) is 5.26 Å². The highest BCUT2D eigenvalue weighted by Crippen LogP contribution is 2.37. The molecule has 0 N–H and O–H groups in total. The van der Waals surface area contributed by atoms with Crippen LogP contribution in [-0.2, 0) is 6.61 Å². The van der Waals surface area contributed by atoms with Crippen LogP contribution >= 0.6 is 31.9 Å². The summed E-state index contributed by atoms with van der Waals surface area (Å²) in [5.41, 5.74) is 1.28. The van der Waals surface area contributed by atoms with Crippen molar-refractivity contribution in [3.63, 3.8) is 0 Å². The Bertz CT molecular complexity index is 967. The molecule has 1 aromatic heterocycles. The van der Waals surface area contributed by atoms with Gasteiger partial charge in [0.1, 0.15) is 0 Å². The first-order valence-corrected chi connectivity index (χ1v) is 9.27. The predicted molar refractivity (Wildman–Crippen MR) is 102 cm³/mol. The Balaban J connectivity index is 1.80. The molecule has 1 heterocycles. The summed E-state index contributed by atoms with van der Waals surface area (Å²) in [6.07, 6.45) is 0. The first-order valence-electron chi connectivity index (χ1n) is 7.69. The molecule has 0 fully saturated rings. The number of hydrogen-bond donors (Lipinski definition) is 0. The van der Waals surface area contributed by atoms with Crippen molar-refractivity contribution in [3.8, 4) is 29.0 Å². The third kappa shape index (κ3) is 4.06. The van der Waals surface area contributed by atoms with Crippen LogP contribution in [0.2, 0.25) is 0 Å². The van der Waals surface area contributed by atoms with Crippen molar-refractivity contribution in [2.45, 2.75) is 13.5 Å². The number of benzene rings is 2. The standard InChI is InChI=1S/C18H13Br2N3O3/c1-2-24-15-8-11(9-21)7-14(20)17(15)25-10-16-22-23-18(26-16)12-5-3-4-6-13(12)19/h3-8H,2,10H2,1H3. The number of aromatic nitrogens is 2. The van der Waals surface area contributed by atoms with E-state index in [2.05, 4.69) is 48.1 Å². The van der Waals surface area contributed by atoms with Crippen LogP contribution in [0.5, 0.6) is 11.5 Å². The minimum absolute atomic E-state index is 0.0715. The maximum atomic E-state index is 9.08. The molecule has 0 atom stereocenters. The van der Waals surface area contributed by atoms with Gasteiger partial charge < -0.3 is 13.9 Å². The molecule has 0 unspecified atom stereocenters. The topological polar surface area (TPSA) is 81.2 Å². The van der Waals surface area contributed by atoms with E-state index >= 15 is 0 Å². The lowest BCUT2D eigenvalue weighted by Gasteiger charge is -2.12. The summed E-state index contributed by atoms with van der Waals surface area (Å²) in [5.74, 6) is 1.69. The Hall–Kier alpha value is -2.37. The normalized spacial score (nSPS) is 10.4. The van der Waals surface area contributed by atoms with Gasteiger partial charge in [-0.2, -0.15) is 5.26 Å². The van der Waals surface area contributed by atoms with Crippen molar-refractivity contribution >= 4 is 31.9 Å². The van der Waals surface area contributed by atoms with Crippen LogP contribution in [0.3, 0.4) is 0 Å². The predicted octanol–water partition coefficient (Wildman–Crippen LogP) is 5.11. The second-order valence-corrected chi connectivity index (χ2v) is 6.81. The molecule has 0 aliphatic heterocycles. The molecule has 3 rings (SSSR count). The van der Waals surface area contributed by atoms with Gasteiger partial charge in [-0.15, -0.1) is 10.2 Å². The van der Waals surface area contributed by atoms with Gasteiger partial charge in [-0.25, -0.2) is 0 Å². The smallest absolute Gasteiger partial charge is 0.254 e. The number of ether oxygens (including phenoxy) is 2. The third-order valence-corrected chi connectivity index (χ3v) is 4.63. The zero-order chi connectivity index (χ0) is 18.5. The summed E-state index contributed by atoms with van der Waals surface area (Å²) in [7, 11) is 0. The molecule has 0 saturated carbocycles. The van der Waals surface area contributed by atoms with Crippen LogP contribution in [0.1, 0.15) is 18.4 Å². The molecular weight excluding hydrogens is 466 g/mol. The molecule has 8 heteroatoms. The second kappa shape index (κ2) is 8.34. The minimum Gasteiger partial charge on any atom is -0.490 e. The summed E-state index contributed by atoms with van der Waals surface area (Å²) >= 11 is 6.86. The maximum Gasteiger partial charge on any atom is 0.254 e. The van der Waals surface area contributed by atoms with Gasteiger partial charge in [-0.3, -0.25) is 0 Å². The van der Waals surface area contributed by atoms with Crippen molar-refractivity contribution in [1.82, 2.24) is 10.2 Å². The Morgan fingerprint density at radius 1 is 1.12 bits per heavy atom. The zero-order valence-corrected chi connectivity index (χ0v) is 16.9. The number of nitriles is 1. The van der Waals surface area contributed by atoms with Gasteiger partial charge in [0.05, 0.1) is 28.3 Å². The lowest BCUT2D eigenvalue weighted by molar-refractivity contribution is 0.241. The maximum absolute atomic E-state index is 9.08. The Labute approximate surface area is 167 Å². The monoisotopic (exact) mass is 477 g/mol. The van der Waals surface area contributed by atoms with Crippen LogP contribution in [0, 0.1) is 11.3 Å². The molecule has 0 spiro atoms. The third-order valence-electron chi connectivity index (χ3n) is 3.35. The lowest BCUT2D eigenvalue weighted by atomic mass is 10.2. The van der Waals surface area contributed by atoms with Crippen molar-refractivity contribution in [2.24, 2.45) is 0 Å². The number of hydrogen-bond acceptors (Lipinski definition) is 6. The Morgan fingerprint density at radius 2 is 1.92 bits per heavy atom. The molecule has 0 bridgehead atoms. The highest BCUT2D eigenvalue weighted by molar-refractivity contribution is 9.11. The molecule has 26 heavy (non-hydrogen) atoms. The molecule has 132 valence electrons. The van der Waals surface area contributed by atoms with Crippen molar-refractivity contribution in [2.75, 3.05) is 6.61 Å². The van der Waals surface area contributed by atoms with E-state index in [0.29, 0.717) is 39.9 Å². The van der Waals surface area contributed by atoms with Crippen molar-refractivity contribution < 1.29 is 13.9 Å². The van der Waals surface area contributed by atoms with E-state index in [4.69, 9.17) is 19.2 Å². The fourth-order valence-electron chi connectivity index (χ4n) is 2.22. The molecule has 2 aromatic carbocycles. The van der Waals surface area contributed by atoms with E-state index in [1.165, 1.54) is 0 Å². The number of rotatable bonds is 6. The first kappa shape index (κ1) is 18.4. The summed E-state index contributed by atoms with van der Waals surface area (Å²) in [6.45, 7) is 2.38. The summed E-state index contributed by atoms with van der Waals surface area (Å²) in [5, 5.41) is 17.2. The average molecular weight is 479 g/mol. The van der Waals surface area contributed by atoms with Gasteiger partial charge >= 0.3 is 0 Å². The van der Waals surface area contributed by atoms with E-state index in [1.54, 1.807) is 12.1 Å². The molecule has 3 aromatic rings. The van der Waals surface area contributed by atoms with Gasteiger partial charge in [0.25, 0.3) is 5.89 Å². The van der Waals surface area contributed by atoms with Crippen molar-refractivity contribution in [3.05, 3.63) is 56.8 Å². The number of nitrogens with zero attached hydrogens (tertiary/aromatic N) is 3. The second-order valence-electron chi connectivity index (χ2n) is 5.10. The van der Waals surface area contributed by atoms with Crippen LogP contribution in [-0.4, -0.2) is 16.8 Å². The molecular formula is C18H13Br2N3O3. The quantitative estimate of drug-likeness (QED) is 0.489. The number of halogens is 2. The SMILES string of the molecule is CCOc1cc(C#N)cc(Br)c1OCc1nnc(-c2ccccc2Br)o1. The summed E-state index contributed by atoms with van der Waals surface area (Å²) in [6, 6.07) is 13.0. The van der Waals surface area contributed by atoms with Crippen LogP contribution in [0.15, 0.2) is 49.8 Å². The molecule has 0 aliphatic rings. The summed E-state index contributed by atoms with van der Waals surface area (Å²) in [4.78, 5) is 0. The fourth-order valence-corrected chi connectivity index (χ4v) is 3.24. The Kier molecular flexibility index (Phi) is 5.91. The van der Waals surface area contributed by atoms with Crippen LogP contribution in [0.4, 0.5) is 0 Å². The Morgan fingerprint density at radius 3 is 2.65 bits per heavy atom. The molecule has 0 amide bonds. The van der Waals surface area contributed by atoms with E-state index in [-0.39, 0.29) is 6.61 Å². The first-order chi connectivity index (χ1) is 12.6. The van der Waals surface area contributed by atoms with E-state index in [0.717, 1.165) is 10.0 Å². The fraction of sp³-hybridized carbons (Fsp3) is 0.167. The highest BCUT2D eigenvalue weighted by atomic mass is 79.9. The highest BCUT2D eigenvalue weighted by Gasteiger charge is 2.16. The van der Waals surface area contributed by atoms with Gasteiger partial charge in [0, 0.05) is 10.5 Å². The molecule has 0 saturated heterocycles. The molecule has 0 aliphatic carbocycles. The van der Waals surface area contributed by atoms with E-state index < -0.39 is 0 Å². The van der Waals surface area contributed by atoms with E-state index in [1.807, 2.05) is 31.2 Å².